The van der Waals surface area contributed by atoms with Gasteiger partial charge in [0.25, 0.3) is 0 Å². The number of rotatable bonds is 4. The molecule has 0 bridgehead atoms. The molecule has 2 aromatic rings. The Balaban J connectivity index is 1.96. The van der Waals surface area contributed by atoms with Crippen LogP contribution >= 0.6 is 15.9 Å². The van der Waals surface area contributed by atoms with Crippen molar-refractivity contribution in [3.8, 4) is 5.75 Å². The first-order chi connectivity index (χ1) is 10.1. The number of anilines is 2. The van der Waals surface area contributed by atoms with E-state index >= 15 is 0 Å². The third-order valence-electron chi connectivity index (χ3n) is 2.84. The molecule has 0 spiro atoms. The number of hydrogen-bond acceptors (Lipinski definition) is 2. The van der Waals surface area contributed by atoms with E-state index in [-0.39, 0.29) is 6.03 Å². The molecule has 0 aliphatic heterocycles. The van der Waals surface area contributed by atoms with Crippen LogP contribution in [0.2, 0.25) is 0 Å². The Kier molecular flexibility index (Phi) is 5.22. The van der Waals surface area contributed by atoms with Gasteiger partial charge in [-0.2, -0.15) is 0 Å². The smallest absolute Gasteiger partial charge is 0.323 e. The first-order valence-electron chi connectivity index (χ1n) is 6.65. The van der Waals surface area contributed by atoms with Crippen LogP contribution in [0.1, 0.15) is 12.5 Å². The third-order valence-corrected chi connectivity index (χ3v) is 3.73. The highest BCUT2D eigenvalue weighted by molar-refractivity contribution is 9.10. The van der Waals surface area contributed by atoms with Gasteiger partial charge < -0.3 is 15.4 Å². The number of carbonyl (C=O) groups excluding carboxylic acids is 1. The maximum Gasteiger partial charge on any atom is 0.323 e. The zero-order valence-corrected chi connectivity index (χ0v) is 13.5. The van der Waals surface area contributed by atoms with Crippen molar-refractivity contribution < 1.29 is 9.53 Å². The van der Waals surface area contributed by atoms with E-state index in [1.54, 1.807) is 12.1 Å². The molecule has 5 heteroatoms. The van der Waals surface area contributed by atoms with Gasteiger partial charge in [-0.1, -0.05) is 15.9 Å². The predicted octanol–water partition coefficient (Wildman–Crippen LogP) is 4.80. The lowest BCUT2D eigenvalue weighted by molar-refractivity contribution is 0.262. The van der Waals surface area contributed by atoms with Crippen molar-refractivity contribution in [3.05, 3.63) is 52.5 Å². The Morgan fingerprint density at radius 3 is 2.33 bits per heavy atom. The van der Waals surface area contributed by atoms with E-state index in [0.717, 1.165) is 21.5 Å². The van der Waals surface area contributed by atoms with Gasteiger partial charge >= 0.3 is 6.03 Å². The summed E-state index contributed by atoms with van der Waals surface area (Å²) in [6, 6.07) is 12.6. The topological polar surface area (TPSA) is 50.4 Å². The van der Waals surface area contributed by atoms with Gasteiger partial charge in [0.15, 0.2) is 0 Å². The van der Waals surface area contributed by atoms with E-state index in [4.69, 9.17) is 4.74 Å². The molecule has 2 rings (SSSR count). The molecule has 4 nitrogen and oxygen atoms in total. The highest BCUT2D eigenvalue weighted by Gasteiger charge is 2.04. The van der Waals surface area contributed by atoms with Crippen LogP contribution < -0.4 is 15.4 Å². The van der Waals surface area contributed by atoms with Gasteiger partial charge in [-0.3, -0.25) is 0 Å². The Morgan fingerprint density at radius 1 is 1.10 bits per heavy atom. The minimum absolute atomic E-state index is 0.277. The van der Waals surface area contributed by atoms with E-state index in [0.29, 0.717) is 12.3 Å². The van der Waals surface area contributed by atoms with Gasteiger partial charge in [0.05, 0.1) is 6.61 Å². The summed E-state index contributed by atoms with van der Waals surface area (Å²) in [5.41, 5.74) is 2.53. The normalized spacial score (nSPS) is 10.0. The first kappa shape index (κ1) is 15.4. The van der Waals surface area contributed by atoms with E-state index in [2.05, 4.69) is 26.6 Å². The van der Waals surface area contributed by atoms with Crippen molar-refractivity contribution in [2.45, 2.75) is 13.8 Å². The maximum absolute atomic E-state index is 11.9. The number of benzene rings is 2. The summed E-state index contributed by atoms with van der Waals surface area (Å²) in [6.45, 7) is 4.52. The van der Waals surface area contributed by atoms with Crippen LogP contribution in [-0.4, -0.2) is 12.6 Å². The quantitative estimate of drug-likeness (QED) is 0.833. The van der Waals surface area contributed by atoms with E-state index in [1.165, 1.54) is 0 Å². The molecule has 0 unspecified atom stereocenters. The lowest BCUT2D eigenvalue weighted by atomic mass is 10.2. The number of amides is 2. The zero-order chi connectivity index (χ0) is 15.2. The summed E-state index contributed by atoms with van der Waals surface area (Å²) in [5, 5.41) is 5.57. The number of urea groups is 1. The van der Waals surface area contributed by atoms with Gasteiger partial charge in [0.2, 0.25) is 0 Å². The summed E-state index contributed by atoms with van der Waals surface area (Å²) < 4.78 is 6.37. The van der Waals surface area contributed by atoms with Crippen molar-refractivity contribution in [2.24, 2.45) is 0 Å². The lowest BCUT2D eigenvalue weighted by Crippen LogP contribution is -2.19. The van der Waals surface area contributed by atoms with Crippen molar-refractivity contribution in [2.75, 3.05) is 17.2 Å². The fourth-order valence-electron chi connectivity index (χ4n) is 1.82. The summed E-state index contributed by atoms with van der Waals surface area (Å²) in [7, 11) is 0. The molecule has 2 amide bonds. The van der Waals surface area contributed by atoms with E-state index < -0.39 is 0 Å². The molecule has 0 aliphatic carbocycles. The van der Waals surface area contributed by atoms with Crippen molar-refractivity contribution in [1.29, 1.82) is 0 Å². The molecule has 0 saturated carbocycles. The molecule has 0 atom stereocenters. The molecule has 21 heavy (non-hydrogen) atoms. The minimum Gasteiger partial charge on any atom is -0.494 e. The van der Waals surface area contributed by atoms with Crippen LogP contribution in [0.15, 0.2) is 46.9 Å². The largest absolute Gasteiger partial charge is 0.494 e. The van der Waals surface area contributed by atoms with Crippen molar-refractivity contribution in [3.63, 3.8) is 0 Å². The average molecular weight is 349 g/mol. The second kappa shape index (κ2) is 7.13. The van der Waals surface area contributed by atoms with Crippen LogP contribution in [-0.2, 0) is 0 Å². The number of aryl methyl sites for hydroxylation is 1. The Morgan fingerprint density at radius 2 is 1.71 bits per heavy atom. The van der Waals surface area contributed by atoms with Gasteiger partial charge in [0, 0.05) is 15.8 Å². The zero-order valence-electron chi connectivity index (χ0n) is 11.9. The molecular weight excluding hydrogens is 332 g/mol. The van der Waals surface area contributed by atoms with Gasteiger partial charge in [0.1, 0.15) is 5.75 Å². The Hall–Kier alpha value is -2.01. The molecule has 0 fully saturated rings. The molecule has 0 saturated heterocycles. The summed E-state index contributed by atoms with van der Waals surface area (Å²) >= 11 is 3.43. The average Bonchev–Trinajstić information content (AvgIpc) is 2.45. The van der Waals surface area contributed by atoms with Crippen molar-refractivity contribution >= 4 is 33.3 Å². The number of carbonyl (C=O) groups is 1. The molecular formula is C16H17BrN2O2. The number of ether oxygens (including phenoxy) is 1. The third kappa shape index (κ3) is 4.49. The summed E-state index contributed by atoms with van der Waals surface area (Å²) in [5.74, 6) is 0.784. The molecule has 0 heterocycles. The fraction of sp³-hybridized carbons (Fsp3) is 0.188. The highest BCUT2D eigenvalue weighted by atomic mass is 79.9. The van der Waals surface area contributed by atoms with Crippen LogP contribution in [0.25, 0.3) is 0 Å². The van der Waals surface area contributed by atoms with Gasteiger partial charge in [-0.25, -0.2) is 4.79 Å². The molecule has 110 valence electrons. The van der Waals surface area contributed by atoms with Gasteiger partial charge in [-0.15, -0.1) is 0 Å². The predicted molar refractivity (Wildman–Crippen MR) is 89.1 cm³/mol. The molecule has 0 aromatic heterocycles. The molecule has 0 radical (unpaired) electrons. The Labute approximate surface area is 132 Å². The Bertz CT molecular complexity index is 627. The van der Waals surface area contributed by atoms with Crippen LogP contribution in [0.4, 0.5) is 16.2 Å². The summed E-state index contributed by atoms with van der Waals surface area (Å²) in [6.07, 6.45) is 0. The van der Waals surface area contributed by atoms with E-state index in [1.807, 2.05) is 44.2 Å². The monoisotopic (exact) mass is 348 g/mol. The van der Waals surface area contributed by atoms with Crippen molar-refractivity contribution in [1.82, 2.24) is 0 Å². The SMILES string of the molecule is CCOc1ccc(NC(=O)Nc2ccc(Br)c(C)c2)cc1. The molecule has 2 aromatic carbocycles. The van der Waals surface area contributed by atoms with Crippen LogP contribution in [0.5, 0.6) is 5.75 Å². The van der Waals surface area contributed by atoms with E-state index in [9.17, 15) is 4.79 Å². The van der Waals surface area contributed by atoms with Crippen LogP contribution in [0, 0.1) is 6.92 Å². The molecule has 2 N–H and O–H groups in total. The first-order valence-corrected chi connectivity index (χ1v) is 7.45. The number of halogens is 1. The maximum atomic E-state index is 11.9. The second-order valence-electron chi connectivity index (χ2n) is 4.50. The summed E-state index contributed by atoms with van der Waals surface area (Å²) in [4.78, 5) is 11.9. The standard InChI is InChI=1S/C16H17BrN2O2/c1-3-21-14-7-4-12(5-8-14)18-16(20)19-13-6-9-15(17)11(2)10-13/h4-10H,3H2,1-2H3,(H2,18,19,20). The van der Waals surface area contributed by atoms with Gasteiger partial charge in [-0.05, 0) is 61.9 Å². The molecule has 0 aliphatic rings. The second-order valence-corrected chi connectivity index (χ2v) is 5.35. The fourth-order valence-corrected chi connectivity index (χ4v) is 2.06. The lowest BCUT2D eigenvalue weighted by Gasteiger charge is -2.09. The number of nitrogens with one attached hydrogen (secondary N) is 2. The number of hydrogen-bond donors (Lipinski definition) is 2. The van der Waals surface area contributed by atoms with Crippen LogP contribution in [0.3, 0.4) is 0 Å². The highest BCUT2D eigenvalue weighted by Crippen LogP contribution is 2.20. The minimum atomic E-state index is -0.277.